The van der Waals surface area contributed by atoms with Gasteiger partial charge in [0.25, 0.3) is 0 Å². The molecule has 136 valence electrons. The second-order valence-electron chi connectivity index (χ2n) is 7.05. The van der Waals surface area contributed by atoms with Gasteiger partial charge in [0.15, 0.2) is 0 Å². The summed E-state index contributed by atoms with van der Waals surface area (Å²) in [6, 6.07) is 4.59. The molecule has 1 aliphatic heterocycles. The van der Waals surface area contributed by atoms with E-state index in [9.17, 15) is 23.1 Å². The lowest BCUT2D eigenvalue weighted by atomic mass is 9.90. The highest BCUT2D eigenvalue weighted by Gasteiger charge is 2.43. The van der Waals surface area contributed by atoms with Crippen LogP contribution in [0.15, 0.2) is 18.2 Å². The Labute approximate surface area is 143 Å². The van der Waals surface area contributed by atoms with Gasteiger partial charge in [0.1, 0.15) is 11.2 Å². The van der Waals surface area contributed by atoms with Gasteiger partial charge in [-0.2, -0.15) is 18.4 Å². The third-order valence-electron chi connectivity index (χ3n) is 3.88. The lowest BCUT2D eigenvalue weighted by Crippen LogP contribution is -2.38. The number of ether oxygens (including phenoxy) is 1. The number of alkyl halides is 3. The lowest BCUT2D eigenvalue weighted by Gasteiger charge is -2.27. The second kappa shape index (κ2) is 6.23. The van der Waals surface area contributed by atoms with Crippen molar-refractivity contribution in [3.63, 3.8) is 0 Å². The van der Waals surface area contributed by atoms with Crippen LogP contribution in [-0.2, 0) is 16.5 Å². The minimum Gasteiger partial charge on any atom is -0.444 e. The van der Waals surface area contributed by atoms with Crippen LogP contribution in [0.4, 0.5) is 18.0 Å². The number of aliphatic hydroxyl groups is 1. The van der Waals surface area contributed by atoms with Crippen molar-refractivity contribution in [2.75, 3.05) is 13.1 Å². The van der Waals surface area contributed by atoms with Gasteiger partial charge in [-0.15, -0.1) is 0 Å². The fourth-order valence-electron chi connectivity index (χ4n) is 2.68. The van der Waals surface area contributed by atoms with Crippen LogP contribution >= 0.6 is 0 Å². The maximum atomic E-state index is 13.1. The van der Waals surface area contributed by atoms with Crippen molar-refractivity contribution in [1.82, 2.24) is 4.90 Å². The Bertz CT molecular complexity index is 719. The SMILES string of the molecule is CC(C)(C)OC(=O)N1CCC(O)(c2ccc(C#N)c(C(F)(F)F)c2)C1. The molecule has 0 spiro atoms. The fraction of sp³-hybridized carbons (Fsp3) is 0.529. The highest BCUT2D eigenvalue weighted by Crippen LogP contribution is 2.38. The van der Waals surface area contributed by atoms with Gasteiger partial charge in [0.2, 0.25) is 0 Å². The van der Waals surface area contributed by atoms with Crippen LogP contribution in [0.25, 0.3) is 0 Å². The maximum Gasteiger partial charge on any atom is 0.417 e. The first kappa shape index (κ1) is 19.1. The average molecular weight is 356 g/mol. The normalized spacial score (nSPS) is 21.1. The zero-order valence-electron chi connectivity index (χ0n) is 14.1. The highest BCUT2D eigenvalue weighted by molar-refractivity contribution is 5.68. The summed E-state index contributed by atoms with van der Waals surface area (Å²) in [7, 11) is 0. The molecule has 0 aromatic heterocycles. The van der Waals surface area contributed by atoms with Crippen molar-refractivity contribution in [1.29, 1.82) is 5.26 Å². The first-order valence-electron chi connectivity index (χ1n) is 7.68. The Hall–Kier alpha value is -2.27. The van der Waals surface area contributed by atoms with E-state index in [1.807, 2.05) is 0 Å². The fourth-order valence-corrected chi connectivity index (χ4v) is 2.68. The molecule has 1 unspecified atom stereocenters. The van der Waals surface area contributed by atoms with E-state index in [0.29, 0.717) is 0 Å². The van der Waals surface area contributed by atoms with E-state index in [4.69, 9.17) is 10.00 Å². The minimum atomic E-state index is -4.71. The van der Waals surface area contributed by atoms with E-state index in [0.717, 1.165) is 12.1 Å². The third-order valence-corrected chi connectivity index (χ3v) is 3.88. The van der Waals surface area contributed by atoms with Crippen molar-refractivity contribution in [2.24, 2.45) is 0 Å². The summed E-state index contributed by atoms with van der Waals surface area (Å²) in [6.45, 7) is 5.08. The van der Waals surface area contributed by atoms with Gasteiger partial charge in [0, 0.05) is 6.54 Å². The van der Waals surface area contributed by atoms with Gasteiger partial charge in [-0.05, 0) is 44.9 Å². The lowest BCUT2D eigenvalue weighted by molar-refractivity contribution is -0.138. The van der Waals surface area contributed by atoms with E-state index in [1.54, 1.807) is 20.8 Å². The number of β-amino-alcohol motifs (C(OH)–C–C–N with tert-alkyl or cyclic N) is 1. The van der Waals surface area contributed by atoms with Crippen LogP contribution in [0.2, 0.25) is 0 Å². The smallest absolute Gasteiger partial charge is 0.417 e. The molecule has 1 heterocycles. The number of hydrogen-bond donors (Lipinski definition) is 1. The van der Waals surface area contributed by atoms with E-state index in [2.05, 4.69) is 0 Å². The molecule has 8 heteroatoms. The first-order chi connectivity index (χ1) is 11.4. The van der Waals surface area contributed by atoms with Crippen molar-refractivity contribution in [3.8, 4) is 6.07 Å². The Morgan fingerprint density at radius 1 is 1.36 bits per heavy atom. The van der Waals surface area contributed by atoms with Crippen LogP contribution in [0.5, 0.6) is 0 Å². The molecule has 1 N–H and O–H groups in total. The number of rotatable bonds is 1. The number of carbonyl (C=O) groups excluding carboxylic acids is 1. The summed E-state index contributed by atoms with van der Waals surface area (Å²) in [6.07, 6.45) is -5.26. The van der Waals surface area contributed by atoms with Gasteiger partial charge in [-0.3, -0.25) is 0 Å². The third kappa shape index (κ3) is 4.23. The standard InChI is InChI=1S/C17H19F3N2O3/c1-15(2,3)25-14(23)22-7-6-16(24,10-22)12-5-4-11(9-21)13(8-12)17(18,19)20/h4-5,8,24H,6-7,10H2,1-3H3. The van der Waals surface area contributed by atoms with Gasteiger partial charge in [-0.1, -0.05) is 6.07 Å². The topological polar surface area (TPSA) is 73.6 Å². The van der Waals surface area contributed by atoms with Crippen molar-refractivity contribution in [3.05, 3.63) is 34.9 Å². The second-order valence-corrected chi connectivity index (χ2v) is 7.05. The zero-order chi connectivity index (χ0) is 19.0. The number of carbonyl (C=O) groups is 1. The predicted octanol–water partition coefficient (Wildman–Crippen LogP) is 3.41. The molecule has 1 fully saturated rings. The summed E-state index contributed by atoms with van der Waals surface area (Å²) < 4.78 is 44.5. The maximum absolute atomic E-state index is 13.1. The monoisotopic (exact) mass is 356 g/mol. The Morgan fingerprint density at radius 2 is 2.00 bits per heavy atom. The van der Waals surface area contributed by atoms with Gasteiger partial charge in [0.05, 0.1) is 23.7 Å². The number of nitrogens with zero attached hydrogens (tertiary/aromatic N) is 2. The Balaban J connectivity index is 2.28. The van der Waals surface area contributed by atoms with E-state index in [1.165, 1.54) is 17.0 Å². The summed E-state index contributed by atoms with van der Waals surface area (Å²) in [4.78, 5) is 13.3. The van der Waals surface area contributed by atoms with Crippen LogP contribution in [0.3, 0.4) is 0 Å². The Morgan fingerprint density at radius 3 is 2.52 bits per heavy atom. The highest BCUT2D eigenvalue weighted by atomic mass is 19.4. The molecular weight excluding hydrogens is 337 g/mol. The largest absolute Gasteiger partial charge is 0.444 e. The number of halogens is 3. The molecule has 1 aromatic carbocycles. The molecule has 1 aliphatic rings. The van der Waals surface area contributed by atoms with Crippen molar-refractivity contribution < 1.29 is 27.8 Å². The number of hydrogen-bond acceptors (Lipinski definition) is 4. The minimum absolute atomic E-state index is 0.0184. The molecule has 1 amide bonds. The average Bonchev–Trinajstić information content (AvgIpc) is 2.88. The summed E-state index contributed by atoms with van der Waals surface area (Å²) >= 11 is 0. The first-order valence-corrected chi connectivity index (χ1v) is 7.68. The van der Waals surface area contributed by atoms with Gasteiger partial charge in [-0.25, -0.2) is 4.79 Å². The molecule has 0 saturated carbocycles. The number of nitriles is 1. The number of benzene rings is 1. The molecule has 0 bridgehead atoms. The van der Waals surface area contributed by atoms with Gasteiger partial charge < -0.3 is 14.7 Å². The number of amides is 1. The van der Waals surface area contributed by atoms with Crippen LogP contribution in [0.1, 0.15) is 43.9 Å². The van der Waals surface area contributed by atoms with Crippen LogP contribution < -0.4 is 0 Å². The predicted molar refractivity (Wildman–Crippen MR) is 82.5 cm³/mol. The quantitative estimate of drug-likeness (QED) is 0.837. The van der Waals surface area contributed by atoms with Crippen molar-refractivity contribution in [2.45, 2.75) is 44.6 Å². The zero-order valence-corrected chi connectivity index (χ0v) is 14.1. The summed E-state index contributed by atoms with van der Waals surface area (Å²) in [5, 5.41) is 19.6. The summed E-state index contributed by atoms with van der Waals surface area (Å²) in [5.41, 5.74) is -3.93. The van der Waals surface area contributed by atoms with E-state index >= 15 is 0 Å². The van der Waals surface area contributed by atoms with Gasteiger partial charge >= 0.3 is 12.3 Å². The van der Waals surface area contributed by atoms with E-state index in [-0.39, 0.29) is 25.1 Å². The molecular formula is C17H19F3N2O3. The Kier molecular flexibility index (Phi) is 4.75. The van der Waals surface area contributed by atoms with Crippen molar-refractivity contribution >= 4 is 6.09 Å². The number of likely N-dealkylation sites (tertiary alicyclic amines) is 1. The molecule has 1 saturated heterocycles. The molecule has 1 aromatic rings. The molecule has 0 radical (unpaired) electrons. The summed E-state index contributed by atoms with van der Waals surface area (Å²) in [5.74, 6) is 0. The molecule has 0 aliphatic carbocycles. The molecule has 5 nitrogen and oxygen atoms in total. The van der Waals surface area contributed by atoms with Crippen LogP contribution in [0, 0.1) is 11.3 Å². The van der Waals surface area contributed by atoms with E-state index < -0.39 is 34.6 Å². The molecule has 2 rings (SSSR count). The molecule has 1 atom stereocenters. The van der Waals surface area contributed by atoms with Crippen LogP contribution in [-0.4, -0.2) is 34.8 Å². The molecule has 25 heavy (non-hydrogen) atoms.